The van der Waals surface area contributed by atoms with E-state index < -0.39 is 0 Å². The van der Waals surface area contributed by atoms with Crippen LogP contribution in [0.4, 0.5) is 0 Å². The molecule has 0 radical (unpaired) electrons. The predicted molar refractivity (Wildman–Crippen MR) is 66.3 cm³/mol. The molecule has 1 aliphatic carbocycles. The molecular formula is C12H13BrClN. The number of fused-ring (bicyclic) bond motifs is 1. The Morgan fingerprint density at radius 3 is 2.87 bits per heavy atom. The van der Waals surface area contributed by atoms with E-state index in [1.807, 2.05) is 6.07 Å². The Morgan fingerprint density at radius 2 is 2.13 bits per heavy atom. The van der Waals surface area contributed by atoms with Gasteiger partial charge >= 0.3 is 0 Å². The van der Waals surface area contributed by atoms with Crippen LogP contribution in [0.2, 0.25) is 5.02 Å². The van der Waals surface area contributed by atoms with Gasteiger partial charge in [0.15, 0.2) is 0 Å². The van der Waals surface area contributed by atoms with Crippen LogP contribution in [0.1, 0.15) is 30.0 Å². The summed E-state index contributed by atoms with van der Waals surface area (Å²) in [5.74, 6) is 0.842. The first-order valence-electron chi connectivity index (χ1n) is 5.47. The molecule has 3 rings (SSSR count). The van der Waals surface area contributed by atoms with E-state index in [1.54, 1.807) is 0 Å². The van der Waals surface area contributed by atoms with Gasteiger partial charge in [0.25, 0.3) is 0 Å². The lowest BCUT2D eigenvalue weighted by Crippen LogP contribution is -2.31. The SMILES string of the molecule is Clc1cc(Br)cc2c1CCNC2C1CC1. The highest BCUT2D eigenvalue weighted by Gasteiger charge is 2.35. The molecule has 1 aromatic rings. The van der Waals surface area contributed by atoms with Crippen molar-refractivity contribution in [2.45, 2.75) is 25.3 Å². The molecule has 0 aromatic heterocycles. The Kier molecular flexibility index (Phi) is 2.54. The fraction of sp³-hybridized carbons (Fsp3) is 0.500. The molecule has 3 heteroatoms. The number of benzene rings is 1. The Morgan fingerprint density at radius 1 is 1.33 bits per heavy atom. The number of hydrogen-bond donors (Lipinski definition) is 1. The fourth-order valence-corrected chi connectivity index (χ4v) is 3.41. The zero-order valence-electron chi connectivity index (χ0n) is 8.39. The maximum atomic E-state index is 6.28. The van der Waals surface area contributed by atoms with Crippen molar-refractivity contribution in [1.29, 1.82) is 0 Å². The average Bonchev–Trinajstić information content (AvgIpc) is 3.00. The summed E-state index contributed by atoms with van der Waals surface area (Å²) in [5.41, 5.74) is 2.78. The lowest BCUT2D eigenvalue weighted by Gasteiger charge is -2.28. The van der Waals surface area contributed by atoms with Crippen molar-refractivity contribution >= 4 is 27.5 Å². The van der Waals surface area contributed by atoms with Gasteiger partial charge in [-0.3, -0.25) is 0 Å². The standard InChI is InChI=1S/C12H13BrClN/c13-8-5-10-9(11(14)6-8)3-4-15-12(10)7-1-2-7/h5-7,12,15H,1-4H2. The van der Waals surface area contributed by atoms with Crippen molar-refractivity contribution in [2.75, 3.05) is 6.54 Å². The third-order valence-corrected chi connectivity index (χ3v) is 4.16. The van der Waals surface area contributed by atoms with Gasteiger partial charge in [-0.25, -0.2) is 0 Å². The molecule has 1 aromatic carbocycles. The van der Waals surface area contributed by atoms with Gasteiger partial charge in [-0.1, -0.05) is 27.5 Å². The van der Waals surface area contributed by atoms with Crippen LogP contribution < -0.4 is 5.32 Å². The summed E-state index contributed by atoms with van der Waals surface area (Å²) in [7, 11) is 0. The smallest absolute Gasteiger partial charge is 0.0453 e. The summed E-state index contributed by atoms with van der Waals surface area (Å²) in [4.78, 5) is 0. The topological polar surface area (TPSA) is 12.0 Å². The molecule has 0 spiro atoms. The van der Waals surface area contributed by atoms with E-state index in [9.17, 15) is 0 Å². The molecule has 1 fully saturated rings. The fourth-order valence-electron chi connectivity index (χ4n) is 2.48. The van der Waals surface area contributed by atoms with Gasteiger partial charge < -0.3 is 5.32 Å². The average molecular weight is 287 g/mol. The molecule has 0 saturated heterocycles. The third kappa shape index (κ3) is 1.83. The highest BCUT2D eigenvalue weighted by Crippen LogP contribution is 2.45. The van der Waals surface area contributed by atoms with Crippen LogP contribution in [0.5, 0.6) is 0 Å². The zero-order chi connectivity index (χ0) is 10.4. The second kappa shape index (κ2) is 3.76. The zero-order valence-corrected chi connectivity index (χ0v) is 10.7. The molecule has 1 heterocycles. The van der Waals surface area contributed by atoms with Crippen molar-refractivity contribution in [1.82, 2.24) is 5.32 Å². The monoisotopic (exact) mass is 285 g/mol. The first-order chi connectivity index (χ1) is 7.25. The van der Waals surface area contributed by atoms with Gasteiger partial charge in [-0.05, 0) is 55.0 Å². The minimum Gasteiger partial charge on any atom is -0.309 e. The number of nitrogens with one attached hydrogen (secondary N) is 1. The minimum atomic E-state index is 0.545. The summed E-state index contributed by atoms with van der Waals surface area (Å²) in [6, 6.07) is 4.79. The Hall–Kier alpha value is -0.0500. The van der Waals surface area contributed by atoms with Gasteiger partial charge in [0.2, 0.25) is 0 Å². The second-order valence-corrected chi connectivity index (χ2v) is 5.80. The quantitative estimate of drug-likeness (QED) is 0.830. The molecule has 1 aliphatic heterocycles. The summed E-state index contributed by atoms with van der Waals surface area (Å²) < 4.78 is 1.10. The van der Waals surface area contributed by atoms with Gasteiger partial charge in [-0.2, -0.15) is 0 Å². The van der Waals surface area contributed by atoms with E-state index in [4.69, 9.17) is 11.6 Å². The molecule has 1 nitrogen and oxygen atoms in total. The van der Waals surface area contributed by atoms with Gasteiger partial charge in [0, 0.05) is 15.5 Å². The van der Waals surface area contributed by atoms with Gasteiger partial charge in [0.1, 0.15) is 0 Å². The van der Waals surface area contributed by atoms with Crippen LogP contribution >= 0.6 is 27.5 Å². The molecule has 0 amide bonds. The molecule has 15 heavy (non-hydrogen) atoms. The maximum Gasteiger partial charge on any atom is 0.0453 e. The van der Waals surface area contributed by atoms with Crippen molar-refractivity contribution in [3.63, 3.8) is 0 Å². The molecule has 1 N–H and O–H groups in total. The second-order valence-electron chi connectivity index (χ2n) is 4.47. The van der Waals surface area contributed by atoms with Crippen LogP contribution in [0.3, 0.4) is 0 Å². The highest BCUT2D eigenvalue weighted by atomic mass is 79.9. The first-order valence-corrected chi connectivity index (χ1v) is 6.64. The van der Waals surface area contributed by atoms with Crippen LogP contribution in [0.25, 0.3) is 0 Å². The highest BCUT2D eigenvalue weighted by molar-refractivity contribution is 9.10. The normalized spacial score (nSPS) is 25.1. The number of rotatable bonds is 1. The van der Waals surface area contributed by atoms with Crippen LogP contribution in [0.15, 0.2) is 16.6 Å². The first kappa shape index (κ1) is 10.1. The minimum absolute atomic E-state index is 0.545. The van der Waals surface area contributed by atoms with E-state index in [0.29, 0.717) is 6.04 Å². The molecule has 1 atom stereocenters. The van der Waals surface area contributed by atoms with Crippen molar-refractivity contribution < 1.29 is 0 Å². The summed E-state index contributed by atoms with van der Waals surface area (Å²) in [5, 5.41) is 4.53. The van der Waals surface area contributed by atoms with E-state index in [-0.39, 0.29) is 0 Å². The Bertz CT molecular complexity index is 401. The van der Waals surface area contributed by atoms with E-state index in [1.165, 1.54) is 24.0 Å². The van der Waals surface area contributed by atoms with Gasteiger partial charge in [0.05, 0.1) is 0 Å². The Balaban J connectivity index is 2.08. The maximum absolute atomic E-state index is 6.28. The van der Waals surface area contributed by atoms with Crippen molar-refractivity contribution in [3.05, 3.63) is 32.8 Å². The van der Waals surface area contributed by atoms with E-state index in [2.05, 4.69) is 27.3 Å². The number of hydrogen-bond acceptors (Lipinski definition) is 1. The van der Waals surface area contributed by atoms with E-state index >= 15 is 0 Å². The predicted octanol–water partition coefficient (Wildman–Crippen LogP) is 3.70. The molecular weight excluding hydrogens is 273 g/mol. The van der Waals surface area contributed by atoms with Crippen LogP contribution in [-0.2, 0) is 6.42 Å². The molecule has 2 aliphatic rings. The number of halogens is 2. The lowest BCUT2D eigenvalue weighted by molar-refractivity contribution is 0.458. The van der Waals surface area contributed by atoms with Crippen molar-refractivity contribution in [3.8, 4) is 0 Å². The molecule has 1 saturated carbocycles. The van der Waals surface area contributed by atoms with Crippen LogP contribution in [-0.4, -0.2) is 6.54 Å². The van der Waals surface area contributed by atoms with Crippen LogP contribution in [0, 0.1) is 5.92 Å². The summed E-state index contributed by atoms with van der Waals surface area (Å²) in [6.07, 6.45) is 3.78. The largest absolute Gasteiger partial charge is 0.309 e. The molecule has 80 valence electrons. The lowest BCUT2D eigenvalue weighted by atomic mass is 9.91. The van der Waals surface area contributed by atoms with Crippen molar-refractivity contribution in [2.24, 2.45) is 5.92 Å². The Labute approximate surface area is 103 Å². The van der Waals surface area contributed by atoms with Gasteiger partial charge in [-0.15, -0.1) is 0 Å². The molecule has 1 unspecified atom stereocenters. The summed E-state index contributed by atoms with van der Waals surface area (Å²) in [6.45, 7) is 1.06. The third-order valence-electron chi connectivity index (χ3n) is 3.36. The van der Waals surface area contributed by atoms with E-state index in [0.717, 1.165) is 28.4 Å². The molecule has 0 bridgehead atoms. The summed E-state index contributed by atoms with van der Waals surface area (Å²) >= 11 is 9.81.